The number of primary amides is 1. The maximum atomic E-state index is 13.2. The lowest BCUT2D eigenvalue weighted by Crippen LogP contribution is -2.53. The van der Waals surface area contributed by atoms with Crippen molar-refractivity contribution in [2.24, 2.45) is 5.73 Å². The SMILES string of the molecule is CC1CN(C(=O)c2cc(-c3ccco3)n3cnc(C(N)=O)c3n2)CC(C)(C)O1. The summed E-state index contributed by atoms with van der Waals surface area (Å²) in [5, 5.41) is 0. The normalized spacial score (nSPS) is 19.1. The maximum absolute atomic E-state index is 13.2. The molecule has 0 spiro atoms. The number of amides is 2. The molecule has 0 aromatic carbocycles. The zero-order valence-electron chi connectivity index (χ0n) is 15.9. The van der Waals surface area contributed by atoms with E-state index in [4.69, 9.17) is 14.9 Å². The second-order valence-corrected chi connectivity index (χ2v) is 7.53. The Morgan fingerprint density at radius 3 is 2.79 bits per heavy atom. The summed E-state index contributed by atoms with van der Waals surface area (Å²) in [5.74, 6) is -0.452. The standard InChI is InChI=1S/C19H21N5O4/c1-11-8-23(9-19(2,3)28-11)18(26)12-7-13(14-5-4-6-27-14)24-10-21-15(16(20)25)17(24)22-12/h4-7,10-11H,8-9H2,1-3H3,(H2,20,25). The lowest BCUT2D eigenvalue weighted by molar-refractivity contribution is -0.118. The second kappa shape index (κ2) is 6.45. The van der Waals surface area contributed by atoms with Gasteiger partial charge < -0.3 is 19.8 Å². The van der Waals surface area contributed by atoms with Crippen LogP contribution in [0.3, 0.4) is 0 Å². The van der Waals surface area contributed by atoms with Crippen LogP contribution < -0.4 is 5.73 Å². The van der Waals surface area contributed by atoms with Gasteiger partial charge in [-0.05, 0) is 39.0 Å². The van der Waals surface area contributed by atoms with Crippen molar-refractivity contribution in [2.75, 3.05) is 13.1 Å². The summed E-state index contributed by atoms with van der Waals surface area (Å²) in [5.41, 5.74) is 5.92. The van der Waals surface area contributed by atoms with Crippen LogP contribution in [0, 0.1) is 0 Å². The van der Waals surface area contributed by atoms with Gasteiger partial charge in [0.25, 0.3) is 11.8 Å². The molecule has 1 aliphatic rings. The number of rotatable bonds is 3. The van der Waals surface area contributed by atoms with E-state index in [0.717, 1.165) is 0 Å². The van der Waals surface area contributed by atoms with Crippen LogP contribution in [0.25, 0.3) is 17.1 Å². The fourth-order valence-corrected chi connectivity index (χ4v) is 3.64. The highest BCUT2D eigenvalue weighted by atomic mass is 16.5. The summed E-state index contributed by atoms with van der Waals surface area (Å²) < 4.78 is 13.0. The third-order valence-corrected chi connectivity index (χ3v) is 4.58. The van der Waals surface area contributed by atoms with Crippen molar-refractivity contribution in [1.82, 2.24) is 19.3 Å². The molecule has 3 aromatic heterocycles. The molecule has 1 unspecified atom stereocenters. The molecule has 0 aliphatic carbocycles. The van der Waals surface area contributed by atoms with Crippen LogP contribution >= 0.6 is 0 Å². The average molecular weight is 383 g/mol. The minimum Gasteiger partial charge on any atom is -0.463 e. The van der Waals surface area contributed by atoms with Gasteiger partial charge in [0, 0.05) is 13.1 Å². The summed E-state index contributed by atoms with van der Waals surface area (Å²) in [6.45, 7) is 6.69. The fraction of sp³-hybridized carbons (Fsp3) is 0.368. The zero-order chi connectivity index (χ0) is 20.1. The highest BCUT2D eigenvalue weighted by molar-refractivity contribution is 5.99. The minimum absolute atomic E-state index is 0.00173. The van der Waals surface area contributed by atoms with Crippen molar-refractivity contribution in [3.8, 4) is 11.5 Å². The van der Waals surface area contributed by atoms with E-state index in [1.165, 1.54) is 12.6 Å². The van der Waals surface area contributed by atoms with Crippen molar-refractivity contribution in [2.45, 2.75) is 32.5 Å². The molecular formula is C19H21N5O4. The Morgan fingerprint density at radius 2 is 2.14 bits per heavy atom. The molecule has 9 heteroatoms. The van der Waals surface area contributed by atoms with E-state index >= 15 is 0 Å². The Labute approximate surface area is 161 Å². The monoisotopic (exact) mass is 383 g/mol. The smallest absolute Gasteiger partial charge is 0.272 e. The number of carbonyl (C=O) groups is 2. The number of hydrogen-bond donors (Lipinski definition) is 1. The Morgan fingerprint density at radius 1 is 1.36 bits per heavy atom. The molecule has 28 heavy (non-hydrogen) atoms. The first-order chi connectivity index (χ1) is 13.2. The highest BCUT2D eigenvalue weighted by Gasteiger charge is 2.35. The molecule has 1 saturated heterocycles. The van der Waals surface area contributed by atoms with Gasteiger partial charge in [-0.2, -0.15) is 0 Å². The van der Waals surface area contributed by atoms with Crippen LogP contribution in [0.4, 0.5) is 0 Å². The molecule has 2 amide bonds. The summed E-state index contributed by atoms with van der Waals surface area (Å²) in [6, 6.07) is 5.13. The first-order valence-corrected chi connectivity index (χ1v) is 8.94. The Bertz CT molecular complexity index is 1050. The van der Waals surface area contributed by atoms with Gasteiger partial charge in [-0.3, -0.25) is 14.0 Å². The number of nitrogens with two attached hydrogens (primary N) is 1. The second-order valence-electron chi connectivity index (χ2n) is 7.53. The molecule has 2 N–H and O–H groups in total. The number of nitrogens with zero attached hydrogens (tertiary/aromatic N) is 4. The molecule has 0 bridgehead atoms. The third-order valence-electron chi connectivity index (χ3n) is 4.58. The quantitative estimate of drug-likeness (QED) is 0.736. The maximum Gasteiger partial charge on any atom is 0.272 e. The summed E-state index contributed by atoms with van der Waals surface area (Å²) in [7, 11) is 0. The molecule has 9 nitrogen and oxygen atoms in total. The molecule has 0 radical (unpaired) electrons. The molecule has 1 aliphatic heterocycles. The third kappa shape index (κ3) is 3.13. The number of fused-ring (bicyclic) bond motifs is 1. The first kappa shape index (κ1) is 18.2. The number of aromatic nitrogens is 3. The largest absolute Gasteiger partial charge is 0.463 e. The summed E-state index contributed by atoms with van der Waals surface area (Å²) in [6.07, 6.45) is 2.87. The average Bonchev–Trinajstić information content (AvgIpc) is 3.28. The van der Waals surface area contributed by atoms with Crippen molar-refractivity contribution in [1.29, 1.82) is 0 Å². The molecule has 4 rings (SSSR count). The Balaban J connectivity index is 1.84. The van der Waals surface area contributed by atoms with E-state index < -0.39 is 11.5 Å². The van der Waals surface area contributed by atoms with E-state index in [1.54, 1.807) is 27.5 Å². The fourth-order valence-electron chi connectivity index (χ4n) is 3.64. The van der Waals surface area contributed by atoms with Crippen LogP contribution in [-0.2, 0) is 4.74 Å². The van der Waals surface area contributed by atoms with Crippen LogP contribution in [-0.4, -0.2) is 55.9 Å². The lowest BCUT2D eigenvalue weighted by atomic mass is 10.0. The summed E-state index contributed by atoms with van der Waals surface area (Å²) >= 11 is 0. The van der Waals surface area contributed by atoms with Crippen molar-refractivity contribution in [3.05, 3.63) is 42.2 Å². The number of morpholine rings is 1. The molecule has 3 aromatic rings. The molecule has 0 saturated carbocycles. The van der Waals surface area contributed by atoms with Crippen LogP contribution in [0.15, 0.2) is 35.2 Å². The number of furan rings is 1. The van der Waals surface area contributed by atoms with Gasteiger partial charge in [-0.15, -0.1) is 0 Å². The van der Waals surface area contributed by atoms with Crippen molar-refractivity contribution < 1.29 is 18.7 Å². The summed E-state index contributed by atoms with van der Waals surface area (Å²) in [4.78, 5) is 35.2. The van der Waals surface area contributed by atoms with Crippen molar-refractivity contribution >= 4 is 17.5 Å². The predicted molar refractivity (Wildman–Crippen MR) is 99.7 cm³/mol. The van der Waals surface area contributed by atoms with E-state index in [0.29, 0.717) is 24.5 Å². The van der Waals surface area contributed by atoms with Gasteiger partial charge >= 0.3 is 0 Å². The van der Waals surface area contributed by atoms with Crippen LogP contribution in [0.2, 0.25) is 0 Å². The van der Waals surface area contributed by atoms with E-state index in [-0.39, 0.29) is 29.0 Å². The highest BCUT2D eigenvalue weighted by Crippen LogP contribution is 2.26. The predicted octanol–water partition coefficient (Wildman–Crippen LogP) is 1.73. The van der Waals surface area contributed by atoms with Gasteiger partial charge in [-0.25, -0.2) is 9.97 Å². The van der Waals surface area contributed by atoms with E-state index in [2.05, 4.69) is 9.97 Å². The molecule has 1 atom stereocenters. The van der Waals surface area contributed by atoms with Crippen LogP contribution in [0.1, 0.15) is 41.7 Å². The van der Waals surface area contributed by atoms with Crippen LogP contribution in [0.5, 0.6) is 0 Å². The zero-order valence-corrected chi connectivity index (χ0v) is 15.9. The Hall–Kier alpha value is -3.20. The minimum atomic E-state index is -0.717. The molecule has 146 valence electrons. The van der Waals surface area contributed by atoms with Gasteiger partial charge in [0.05, 0.1) is 23.7 Å². The van der Waals surface area contributed by atoms with Gasteiger partial charge in [-0.1, -0.05) is 0 Å². The molecular weight excluding hydrogens is 362 g/mol. The lowest BCUT2D eigenvalue weighted by Gasteiger charge is -2.41. The van der Waals surface area contributed by atoms with E-state index in [1.807, 2.05) is 20.8 Å². The number of carbonyl (C=O) groups excluding carboxylic acids is 2. The number of imidazole rings is 1. The molecule has 1 fully saturated rings. The van der Waals surface area contributed by atoms with Gasteiger partial charge in [0.15, 0.2) is 17.1 Å². The van der Waals surface area contributed by atoms with Crippen molar-refractivity contribution in [3.63, 3.8) is 0 Å². The van der Waals surface area contributed by atoms with E-state index in [9.17, 15) is 9.59 Å². The number of hydrogen-bond acceptors (Lipinski definition) is 6. The van der Waals surface area contributed by atoms with Gasteiger partial charge in [0.1, 0.15) is 12.0 Å². The van der Waals surface area contributed by atoms with Gasteiger partial charge in [0.2, 0.25) is 0 Å². The Kier molecular flexibility index (Phi) is 4.19. The number of ether oxygens (including phenoxy) is 1. The topological polar surface area (TPSA) is 116 Å². The molecule has 4 heterocycles. The first-order valence-electron chi connectivity index (χ1n) is 8.94.